The number of anilines is 1. The van der Waals surface area contributed by atoms with E-state index in [1.807, 2.05) is 0 Å². The fourth-order valence-electron chi connectivity index (χ4n) is 1.62. The summed E-state index contributed by atoms with van der Waals surface area (Å²) in [6, 6.07) is 2.27. The molecule has 0 unspecified atom stereocenters. The van der Waals surface area contributed by atoms with Crippen molar-refractivity contribution >= 4 is 5.82 Å². The lowest BCUT2D eigenvalue weighted by Crippen LogP contribution is -2.06. The van der Waals surface area contributed by atoms with Gasteiger partial charge in [0.05, 0.1) is 5.56 Å². The topological polar surface area (TPSA) is 37.8 Å². The van der Waals surface area contributed by atoms with Crippen molar-refractivity contribution in [1.82, 2.24) is 9.97 Å². The van der Waals surface area contributed by atoms with Crippen molar-refractivity contribution in [2.75, 3.05) is 12.4 Å². The van der Waals surface area contributed by atoms with Crippen molar-refractivity contribution in [3.05, 3.63) is 42.0 Å². The predicted octanol–water partition coefficient (Wildman–Crippen LogP) is 3.34. The summed E-state index contributed by atoms with van der Waals surface area (Å²) in [6.45, 7) is 0. The number of hydrogen-bond acceptors (Lipinski definition) is 3. The summed E-state index contributed by atoms with van der Waals surface area (Å²) >= 11 is 0. The highest BCUT2D eigenvalue weighted by Crippen LogP contribution is 2.33. The second kappa shape index (κ2) is 4.83. The number of aromatic nitrogens is 2. The molecule has 0 saturated carbocycles. The first-order chi connectivity index (χ1) is 8.91. The first kappa shape index (κ1) is 13.3. The molecule has 0 atom stereocenters. The standard InChI is InChI=1S/C12H9F4N3/c1-17-11-10(18-2-3-19-11)7-4-8(12(14,15)16)6-9(13)5-7/h2-6H,1H3,(H,17,19). The van der Waals surface area contributed by atoms with E-state index in [1.165, 1.54) is 12.4 Å². The maximum atomic E-state index is 13.3. The molecule has 0 amide bonds. The molecule has 0 spiro atoms. The second-order valence-electron chi connectivity index (χ2n) is 3.73. The van der Waals surface area contributed by atoms with E-state index in [2.05, 4.69) is 15.3 Å². The summed E-state index contributed by atoms with van der Waals surface area (Å²) in [5.74, 6) is -0.696. The van der Waals surface area contributed by atoms with Crippen LogP contribution in [0.15, 0.2) is 30.6 Å². The average Bonchev–Trinajstić information content (AvgIpc) is 2.37. The Morgan fingerprint density at radius 1 is 1.05 bits per heavy atom. The van der Waals surface area contributed by atoms with E-state index in [0.717, 1.165) is 12.1 Å². The van der Waals surface area contributed by atoms with Crippen LogP contribution >= 0.6 is 0 Å². The molecule has 0 bridgehead atoms. The van der Waals surface area contributed by atoms with Crippen molar-refractivity contribution in [1.29, 1.82) is 0 Å². The zero-order chi connectivity index (χ0) is 14.0. The monoisotopic (exact) mass is 271 g/mol. The summed E-state index contributed by atoms with van der Waals surface area (Å²) in [5, 5.41) is 2.69. The first-order valence-corrected chi connectivity index (χ1v) is 5.28. The molecule has 100 valence electrons. The third-order valence-corrected chi connectivity index (χ3v) is 2.43. The Morgan fingerprint density at radius 2 is 1.74 bits per heavy atom. The number of rotatable bonds is 2. The number of hydrogen-bond donors (Lipinski definition) is 1. The van der Waals surface area contributed by atoms with Crippen LogP contribution < -0.4 is 5.32 Å². The lowest BCUT2D eigenvalue weighted by Gasteiger charge is -2.11. The fraction of sp³-hybridized carbons (Fsp3) is 0.167. The Labute approximate surface area is 106 Å². The van der Waals surface area contributed by atoms with Crippen LogP contribution in [-0.2, 0) is 6.18 Å². The molecule has 0 saturated heterocycles. The highest BCUT2D eigenvalue weighted by molar-refractivity contribution is 5.71. The van der Waals surface area contributed by atoms with Gasteiger partial charge >= 0.3 is 6.18 Å². The molecule has 1 aromatic heterocycles. The number of nitrogens with one attached hydrogen (secondary N) is 1. The normalized spacial score (nSPS) is 11.4. The average molecular weight is 271 g/mol. The Balaban J connectivity index is 2.60. The number of benzene rings is 1. The molecule has 19 heavy (non-hydrogen) atoms. The zero-order valence-electron chi connectivity index (χ0n) is 9.79. The molecule has 1 N–H and O–H groups in total. The van der Waals surface area contributed by atoms with Crippen molar-refractivity contribution in [3.63, 3.8) is 0 Å². The Kier molecular flexibility index (Phi) is 3.37. The van der Waals surface area contributed by atoms with Gasteiger partial charge in [-0.25, -0.2) is 9.37 Å². The van der Waals surface area contributed by atoms with Crippen molar-refractivity contribution < 1.29 is 17.6 Å². The number of halogens is 4. The van der Waals surface area contributed by atoms with E-state index < -0.39 is 17.6 Å². The van der Waals surface area contributed by atoms with Gasteiger partial charge in [-0.15, -0.1) is 0 Å². The van der Waals surface area contributed by atoms with Gasteiger partial charge in [-0.05, 0) is 18.2 Å². The second-order valence-corrected chi connectivity index (χ2v) is 3.73. The smallest absolute Gasteiger partial charge is 0.371 e. The molecular weight excluding hydrogens is 262 g/mol. The molecule has 7 heteroatoms. The van der Waals surface area contributed by atoms with Gasteiger partial charge in [-0.3, -0.25) is 4.98 Å². The van der Waals surface area contributed by atoms with Crippen LogP contribution in [0, 0.1) is 5.82 Å². The zero-order valence-corrected chi connectivity index (χ0v) is 9.79. The van der Waals surface area contributed by atoms with Gasteiger partial charge in [0, 0.05) is 25.0 Å². The molecule has 0 aliphatic carbocycles. The van der Waals surface area contributed by atoms with Crippen LogP contribution in [0.2, 0.25) is 0 Å². The van der Waals surface area contributed by atoms with Gasteiger partial charge in [-0.1, -0.05) is 0 Å². The molecule has 2 aromatic rings. The van der Waals surface area contributed by atoms with Crippen LogP contribution in [0.4, 0.5) is 23.4 Å². The lowest BCUT2D eigenvalue weighted by molar-refractivity contribution is -0.137. The van der Waals surface area contributed by atoms with Crippen LogP contribution in [0.25, 0.3) is 11.3 Å². The molecule has 3 nitrogen and oxygen atoms in total. The maximum Gasteiger partial charge on any atom is 0.416 e. The summed E-state index contributed by atoms with van der Waals surface area (Å²) in [6.07, 6.45) is -1.90. The van der Waals surface area contributed by atoms with Crippen LogP contribution in [0.1, 0.15) is 5.56 Å². The summed E-state index contributed by atoms with van der Waals surface area (Å²) in [7, 11) is 1.55. The molecule has 1 aromatic carbocycles. The molecule has 1 heterocycles. The highest BCUT2D eigenvalue weighted by Gasteiger charge is 2.31. The lowest BCUT2D eigenvalue weighted by atomic mass is 10.1. The molecule has 2 rings (SSSR count). The molecule has 0 radical (unpaired) electrons. The predicted molar refractivity (Wildman–Crippen MR) is 62.0 cm³/mol. The summed E-state index contributed by atoms with van der Waals surface area (Å²) in [5.41, 5.74) is -0.880. The van der Waals surface area contributed by atoms with Crippen LogP contribution in [-0.4, -0.2) is 17.0 Å². The SMILES string of the molecule is CNc1nccnc1-c1cc(F)cc(C(F)(F)F)c1. The largest absolute Gasteiger partial charge is 0.416 e. The van der Waals surface area contributed by atoms with E-state index in [0.29, 0.717) is 6.07 Å². The van der Waals surface area contributed by atoms with Gasteiger partial charge in [0.15, 0.2) is 5.82 Å². The van der Waals surface area contributed by atoms with Crippen molar-refractivity contribution in [3.8, 4) is 11.3 Å². The van der Waals surface area contributed by atoms with E-state index in [1.54, 1.807) is 7.05 Å². The van der Waals surface area contributed by atoms with Gasteiger partial charge in [-0.2, -0.15) is 13.2 Å². The quantitative estimate of drug-likeness (QED) is 0.851. The molecule has 0 fully saturated rings. The number of alkyl halides is 3. The van der Waals surface area contributed by atoms with E-state index in [-0.39, 0.29) is 17.1 Å². The fourth-order valence-corrected chi connectivity index (χ4v) is 1.62. The van der Waals surface area contributed by atoms with Crippen molar-refractivity contribution in [2.45, 2.75) is 6.18 Å². The van der Waals surface area contributed by atoms with Gasteiger partial charge in [0.25, 0.3) is 0 Å². The van der Waals surface area contributed by atoms with Crippen LogP contribution in [0.5, 0.6) is 0 Å². The maximum absolute atomic E-state index is 13.3. The minimum absolute atomic E-state index is 0.0183. The Morgan fingerprint density at radius 3 is 2.37 bits per heavy atom. The van der Waals surface area contributed by atoms with E-state index in [9.17, 15) is 17.6 Å². The Bertz CT molecular complexity index is 596. The minimum Gasteiger partial charge on any atom is -0.371 e. The van der Waals surface area contributed by atoms with Crippen LogP contribution in [0.3, 0.4) is 0 Å². The minimum atomic E-state index is -4.61. The molecule has 0 aliphatic rings. The summed E-state index contributed by atoms with van der Waals surface area (Å²) < 4.78 is 51.2. The highest BCUT2D eigenvalue weighted by atomic mass is 19.4. The van der Waals surface area contributed by atoms with E-state index in [4.69, 9.17) is 0 Å². The molecule has 0 aliphatic heterocycles. The Hall–Kier alpha value is -2.18. The van der Waals surface area contributed by atoms with Gasteiger partial charge < -0.3 is 5.32 Å². The summed E-state index contributed by atoms with van der Waals surface area (Å²) in [4.78, 5) is 7.84. The first-order valence-electron chi connectivity index (χ1n) is 5.28. The number of nitrogens with zero attached hydrogens (tertiary/aromatic N) is 2. The van der Waals surface area contributed by atoms with Gasteiger partial charge in [0.1, 0.15) is 11.5 Å². The molecular formula is C12H9F4N3. The van der Waals surface area contributed by atoms with Crippen molar-refractivity contribution in [2.24, 2.45) is 0 Å². The van der Waals surface area contributed by atoms with E-state index >= 15 is 0 Å². The van der Waals surface area contributed by atoms with Gasteiger partial charge in [0.2, 0.25) is 0 Å². The third kappa shape index (κ3) is 2.81. The third-order valence-electron chi connectivity index (χ3n) is 2.43.